The Kier molecular flexibility index (Phi) is 5.69. The molecule has 6 nitrogen and oxygen atoms in total. The van der Waals surface area contributed by atoms with E-state index >= 15 is 0 Å². The smallest absolute Gasteiger partial charge is 0.248 e. The number of pyridine rings is 2. The molecule has 1 aliphatic rings. The SMILES string of the molecule is Cc1cc(C)c2c(C#N)c(/C=C/C(=O)Nc3ccncc3)n(C3CCCc4ccccc43)c2n1. The second kappa shape index (κ2) is 8.95. The Bertz CT molecular complexity index is 1460. The maximum absolute atomic E-state index is 12.7. The van der Waals surface area contributed by atoms with Gasteiger partial charge in [-0.25, -0.2) is 4.98 Å². The van der Waals surface area contributed by atoms with Crippen LogP contribution in [0.1, 0.15) is 52.5 Å². The fourth-order valence-corrected chi connectivity index (χ4v) is 5.03. The first-order valence-corrected chi connectivity index (χ1v) is 11.5. The molecule has 0 saturated carbocycles. The maximum Gasteiger partial charge on any atom is 0.248 e. The zero-order valence-electron chi connectivity index (χ0n) is 19.2. The van der Waals surface area contributed by atoms with Gasteiger partial charge in [0.1, 0.15) is 11.7 Å². The van der Waals surface area contributed by atoms with E-state index in [9.17, 15) is 10.1 Å². The molecule has 168 valence electrons. The highest BCUT2D eigenvalue weighted by atomic mass is 16.1. The molecule has 0 bridgehead atoms. The largest absolute Gasteiger partial charge is 0.322 e. The van der Waals surface area contributed by atoms with Crippen LogP contribution in [-0.4, -0.2) is 20.4 Å². The molecule has 1 unspecified atom stereocenters. The average Bonchev–Trinajstić information content (AvgIpc) is 3.16. The van der Waals surface area contributed by atoms with Crippen molar-refractivity contribution in [2.45, 2.75) is 39.2 Å². The molecular weight excluding hydrogens is 422 g/mol. The van der Waals surface area contributed by atoms with Gasteiger partial charge in [-0.1, -0.05) is 24.3 Å². The lowest BCUT2D eigenvalue weighted by Gasteiger charge is -2.28. The van der Waals surface area contributed by atoms with Crippen LogP contribution in [0.5, 0.6) is 0 Å². The van der Waals surface area contributed by atoms with Crippen molar-refractivity contribution in [1.29, 1.82) is 5.26 Å². The molecular formula is C28H25N5O. The number of fused-ring (bicyclic) bond motifs is 2. The minimum atomic E-state index is -0.267. The number of carbonyl (C=O) groups is 1. The molecule has 1 aromatic carbocycles. The second-order valence-electron chi connectivity index (χ2n) is 8.69. The minimum absolute atomic E-state index is 0.0474. The van der Waals surface area contributed by atoms with E-state index in [1.54, 1.807) is 30.6 Å². The van der Waals surface area contributed by atoms with E-state index in [4.69, 9.17) is 4.98 Å². The first-order valence-electron chi connectivity index (χ1n) is 11.5. The molecule has 1 N–H and O–H groups in total. The quantitative estimate of drug-likeness (QED) is 0.419. The van der Waals surface area contributed by atoms with Crippen LogP contribution in [0.2, 0.25) is 0 Å². The first kappa shape index (κ1) is 21.6. The van der Waals surface area contributed by atoms with E-state index in [1.807, 2.05) is 19.9 Å². The molecule has 0 fully saturated rings. The number of aromatic nitrogens is 3. The van der Waals surface area contributed by atoms with Crippen LogP contribution < -0.4 is 5.32 Å². The van der Waals surface area contributed by atoms with E-state index < -0.39 is 0 Å². The highest BCUT2D eigenvalue weighted by Gasteiger charge is 2.28. The summed E-state index contributed by atoms with van der Waals surface area (Å²) in [5.74, 6) is -0.267. The van der Waals surface area contributed by atoms with Crippen LogP contribution in [0.25, 0.3) is 17.1 Å². The number of benzene rings is 1. The Labute approximate surface area is 198 Å². The molecule has 34 heavy (non-hydrogen) atoms. The number of hydrogen-bond donors (Lipinski definition) is 1. The number of carbonyl (C=O) groups excluding carboxylic acids is 1. The normalized spacial score (nSPS) is 15.3. The molecule has 0 spiro atoms. The third kappa shape index (κ3) is 3.86. The summed E-state index contributed by atoms with van der Waals surface area (Å²) in [5.41, 5.74) is 7.23. The van der Waals surface area contributed by atoms with Crippen molar-refractivity contribution in [2.24, 2.45) is 0 Å². The van der Waals surface area contributed by atoms with Crippen molar-refractivity contribution in [3.63, 3.8) is 0 Å². The summed E-state index contributed by atoms with van der Waals surface area (Å²) in [6.07, 6.45) is 9.54. The first-order chi connectivity index (χ1) is 16.6. The van der Waals surface area contributed by atoms with Crippen LogP contribution in [-0.2, 0) is 11.2 Å². The average molecular weight is 448 g/mol. The minimum Gasteiger partial charge on any atom is -0.322 e. The monoisotopic (exact) mass is 447 g/mol. The van der Waals surface area contributed by atoms with Gasteiger partial charge >= 0.3 is 0 Å². The molecule has 5 rings (SSSR count). The lowest BCUT2D eigenvalue weighted by atomic mass is 9.87. The summed E-state index contributed by atoms with van der Waals surface area (Å²) in [7, 11) is 0. The number of hydrogen-bond acceptors (Lipinski definition) is 4. The van der Waals surface area contributed by atoms with Crippen molar-refractivity contribution < 1.29 is 4.79 Å². The topological polar surface area (TPSA) is 83.6 Å². The van der Waals surface area contributed by atoms with E-state index in [1.165, 1.54) is 17.2 Å². The maximum atomic E-state index is 12.7. The van der Waals surface area contributed by atoms with Crippen LogP contribution in [0.15, 0.2) is 60.9 Å². The fourth-order valence-electron chi connectivity index (χ4n) is 5.03. The molecule has 0 radical (unpaired) electrons. The lowest BCUT2D eigenvalue weighted by Crippen LogP contribution is -2.19. The predicted molar refractivity (Wildman–Crippen MR) is 133 cm³/mol. The standard InChI is InChI=1S/C28H25N5O/c1-18-16-19(2)31-28-27(18)23(17-29)25(10-11-26(34)32-21-12-14-30-15-13-21)33(28)24-9-5-7-20-6-3-4-8-22(20)24/h3-4,6,8,10-16,24H,5,7,9H2,1-2H3,(H,30,32,34)/b11-10+. The van der Waals surface area contributed by atoms with Gasteiger partial charge in [0.15, 0.2) is 0 Å². The summed E-state index contributed by atoms with van der Waals surface area (Å²) >= 11 is 0. The highest BCUT2D eigenvalue weighted by Crippen LogP contribution is 2.39. The van der Waals surface area contributed by atoms with Gasteiger partial charge in [0.25, 0.3) is 0 Å². The molecule has 6 heteroatoms. The van der Waals surface area contributed by atoms with Crippen LogP contribution >= 0.6 is 0 Å². The van der Waals surface area contributed by atoms with E-state index in [-0.39, 0.29) is 11.9 Å². The zero-order chi connectivity index (χ0) is 23.7. The van der Waals surface area contributed by atoms with Crippen LogP contribution in [0, 0.1) is 25.2 Å². The van der Waals surface area contributed by atoms with Crippen molar-refractivity contribution in [3.05, 3.63) is 94.6 Å². The van der Waals surface area contributed by atoms with E-state index in [0.29, 0.717) is 16.9 Å². The third-order valence-electron chi connectivity index (χ3n) is 6.42. The van der Waals surface area contributed by atoms with Gasteiger partial charge in [-0.3, -0.25) is 9.78 Å². The van der Waals surface area contributed by atoms with Gasteiger partial charge in [-0.05, 0) is 74.1 Å². The van der Waals surface area contributed by atoms with Gasteiger partial charge in [0.2, 0.25) is 5.91 Å². The van der Waals surface area contributed by atoms with Gasteiger partial charge in [0, 0.05) is 35.2 Å². The number of aryl methyl sites for hydroxylation is 3. The Balaban J connectivity index is 1.68. The highest BCUT2D eigenvalue weighted by molar-refractivity contribution is 6.03. The Morgan fingerprint density at radius 2 is 2.00 bits per heavy atom. The summed E-state index contributed by atoms with van der Waals surface area (Å²) in [4.78, 5) is 21.5. The van der Waals surface area contributed by atoms with Crippen LogP contribution in [0.4, 0.5) is 5.69 Å². The molecule has 1 aliphatic carbocycles. The Hall–Kier alpha value is -4.24. The molecule has 1 amide bonds. The molecule has 1 atom stereocenters. The molecule has 3 aromatic heterocycles. The zero-order valence-corrected chi connectivity index (χ0v) is 19.2. The van der Waals surface area contributed by atoms with Crippen LogP contribution in [0.3, 0.4) is 0 Å². The van der Waals surface area contributed by atoms with E-state index in [0.717, 1.165) is 41.6 Å². The summed E-state index contributed by atoms with van der Waals surface area (Å²) in [5, 5.41) is 13.9. The Morgan fingerprint density at radius 1 is 1.21 bits per heavy atom. The van der Waals surface area contributed by atoms with Gasteiger partial charge in [-0.15, -0.1) is 0 Å². The summed E-state index contributed by atoms with van der Waals surface area (Å²) < 4.78 is 2.17. The van der Waals surface area contributed by atoms with Gasteiger partial charge in [-0.2, -0.15) is 5.26 Å². The number of nitriles is 1. The third-order valence-corrected chi connectivity index (χ3v) is 6.42. The Morgan fingerprint density at radius 3 is 2.79 bits per heavy atom. The van der Waals surface area contributed by atoms with Gasteiger partial charge < -0.3 is 9.88 Å². The van der Waals surface area contributed by atoms with Gasteiger partial charge in [0.05, 0.1) is 17.3 Å². The molecule has 0 aliphatic heterocycles. The van der Waals surface area contributed by atoms with Crippen molar-refractivity contribution in [1.82, 2.24) is 14.5 Å². The number of anilines is 1. The number of amides is 1. The van der Waals surface area contributed by atoms with Crippen molar-refractivity contribution in [2.75, 3.05) is 5.32 Å². The molecule has 3 heterocycles. The van der Waals surface area contributed by atoms with Crippen molar-refractivity contribution in [3.8, 4) is 6.07 Å². The number of nitrogens with one attached hydrogen (secondary N) is 1. The fraction of sp³-hybridized carbons (Fsp3) is 0.214. The van der Waals surface area contributed by atoms with E-state index in [2.05, 4.69) is 45.2 Å². The molecule has 4 aromatic rings. The predicted octanol–water partition coefficient (Wildman–Crippen LogP) is 5.50. The van der Waals surface area contributed by atoms with Crippen molar-refractivity contribution >= 4 is 28.7 Å². The number of nitrogens with zero attached hydrogens (tertiary/aromatic N) is 4. The second-order valence-corrected chi connectivity index (χ2v) is 8.69. The lowest BCUT2D eigenvalue weighted by molar-refractivity contribution is -0.111. The number of rotatable bonds is 4. The molecule has 0 saturated heterocycles. The summed E-state index contributed by atoms with van der Waals surface area (Å²) in [6.45, 7) is 3.99. The summed E-state index contributed by atoms with van der Waals surface area (Å²) in [6, 6.07) is 16.4.